The van der Waals surface area contributed by atoms with E-state index in [4.69, 9.17) is 21.3 Å². The first-order valence-electron chi connectivity index (χ1n) is 12.3. The predicted octanol–water partition coefficient (Wildman–Crippen LogP) is 5.18. The van der Waals surface area contributed by atoms with Crippen LogP contribution < -0.4 is 4.90 Å². The lowest BCUT2D eigenvalue weighted by atomic mass is 9.96. The Morgan fingerprint density at radius 1 is 1.14 bits per heavy atom. The quantitative estimate of drug-likeness (QED) is 0.425. The summed E-state index contributed by atoms with van der Waals surface area (Å²) in [5.41, 5.74) is 2.72. The number of aromatic nitrogens is 1. The van der Waals surface area contributed by atoms with Gasteiger partial charge in [0.15, 0.2) is 5.13 Å². The summed E-state index contributed by atoms with van der Waals surface area (Å²) in [6.07, 6.45) is 2.82. The molecule has 3 heterocycles. The predicted molar refractivity (Wildman–Crippen MR) is 143 cm³/mol. The van der Waals surface area contributed by atoms with Crippen LogP contribution in [0, 0.1) is 19.8 Å². The van der Waals surface area contributed by atoms with Crippen molar-refractivity contribution in [3.8, 4) is 0 Å². The third kappa shape index (κ3) is 5.04. The maximum absolute atomic E-state index is 13.8. The summed E-state index contributed by atoms with van der Waals surface area (Å²) in [4.78, 5) is 20.7. The van der Waals surface area contributed by atoms with Gasteiger partial charge in [0, 0.05) is 30.6 Å². The van der Waals surface area contributed by atoms with Gasteiger partial charge in [0.25, 0.3) is 0 Å². The minimum atomic E-state index is -3.58. The Bertz CT molecular complexity index is 1360. The van der Waals surface area contributed by atoms with Gasteiger partial charge in [0.2, 0.25) is 15.9 Å². The summed E-state index contributed by atoms with van der Waals surface area (Å²) in [6.45, 7) is 5.65. The SMILES string of the molecule is Cc1ccc(S(=O)(=O)N2CCC(C(=O)N(CC3CCCO3)c3nc4c(C)c(Cl)ccc4s3)CC2)cc1. The molecule has 7 nitrogen and oxygen atoms in total. The number of fused-ring (bicyclic) bond motifs is 1. The van der Waals surface area contributed by atoms with Crippen LogP contribution in [0.5, 0.6) is 0 Å². The zero-order valence-electron chi connectivity index (χ0n) is 20.4. The molecule has 3 aromatic rings. The van der Waals surface area contributed by atoms with Crippen molar-refractivity contribution in [2.45, 2.75) is 50.5 Å². The molecular weight excluding hydrogens is 518 g/mol. The number of hydrogen-bond acceptors (Lipinski definition) is 6. The molecule has 1 unspecified atom stereocenters. The summed E-state index contributed by atoms with van der Waals surface area (Å²) < 4.78 is 34.6. The van der Waals surface area contributed by atoms with Crippen LogP contribution in [-0.2, 0) is 19.6 Å². The molecule has 2 aliphatic heterocycles. The minimum Gasteiger partial charge on any atom is -0.376 e. The van der Waals surface area contributed by atoms with Crippen molar-refractivity contribution in [2.24, 2.45) is 5.92 Å². The number of amides is 1. The van der Waals surface area contributed by atoms with E-state index >= 15 is 0 Å². The van der Waals surface area contributed by atoms with Crippen molar-refractivity contribution >= 4 is 54.2 Å². The molecule has 192 valence electrons. The molecule has 0 saturated carbocycles. The summed E-state index contributed by atoms with van der Waals surface area (Å²) >= 11 is 7.79. The zero-order valence-corrected chi connectivity index (χ0v) is 22.8. The fourth-order valence-corrected chi connectivity index (χ4v) is 7.54. The van der Waals surface area contributed by atoms with Gasteiger partial charge in [0.1, 0.15) is 0 Å². The van der Waals surface area contributed by atoms with Crippen LogP contribution in [0.15, 0.2) is 41.3 Å². The number of carbonyl (C=O) groups excluding carboxylic acids is 1. The lowest BCUT2D eigenvalue weighted by molar-refractivity contribution is -0.123. The number of sulfonamides is 1. The van der Waals surface area contributed by atoms with Crippen LogP contribution in [0.4, 0.5) is 5.13 Å². The first-order valence-corrected chi connectivity index (χ1v) is 14.9. The normalized spacial score (nSPS) is 19.7. The molecule has 2 fully saturated rings. The van der Waals surface area contributed by atoms with E-state index in [2.05, 4.69) is 0 Å². The van der Waals surface area contributed by atoms with Gasteiger partial charge in [-0.15, -0.1) is 0 Å². The smallest absolute Gasteiger partial charge is 0.243 e. The largest absolute Gasteiger partial charge is 0.376 e. The number of rotatable bonds is 6. The number of anilines is 1. The van der Waals surface area contributed by atoms with E-state index in [1.807, 2.05) is 26.0 Å². The Labute approximate surface area is 221 Å². The second kappa shape index (κ2) is 10.4. The summed E-state index contributed by atoms with van der Waals surface area (Å²) in [7, 11) is -3.58. The molecule has 0 aliphatic carbocycles. The summed E-state index contributed by atoms with van der Waals surface area (Å²) in [5.74, 6) is -0.284. The molecule has 2 saturated heterocycles. The maximum Gasteiger partial charge on any atom is 0.243 e. The monoisotopic (exact) mass is 547 g/mol. The number of benzene rings is 2. The van der Waals surface area contributed by atoms with E-state index in [0.29, 0.717) is 54.1 Å². The molecule has 0 N–H and O–H groups in total. The highest BCUT2D eigenvalue weighted by Crippen LogP contribution is 2.36. The molecule has 5 rings (SSSR count). The van der Waals surface area contributed by atoms with Crippen molar-refractivity contribution < 1.29 is 17.9 Å². The van der Waals surface area contributed by atoms with E-state index in [0.717, 1.165) is 34.2 Å². The highest BCUT2D eigenvalue weighted by molar-refractivity contribution is 7.89. The molecule has 1 aromatic heterocycles. The average Bonchev–Trinajstić information content (AvgIpc) is 3.55. The Kier molecular flexibility index (Phi) is 7.38. The van der Waals surface area contributed by atoms with Crippen molar-refractivity contribution in [3.05, 3.63) is 52.5 Å². The fraction of sp³-hybridized carbons (Fsp3) is 0.462. The highest BCUT2D eigenvalue weighted by atomic mass is 35.5. The standard InChI is InChI=1S/C26H30ClN3O4S2/c1-17-5-7-21(8-6-17)36(32,33)29-13-11-19(12-14-29)25(31)30(16-20-4-3-15-34-20)26-28-24-18(2)22(27)9-10-23(24)35-26/h5-10,19-20H,3-4,11-16H2,1-2H3. The Hall–Kier alpha value is -2.04. The van der Waals surface area contributed by atoms with Crippen LogP contribution in [0.25, 0.3) is 10.2 Å². The van der Waals surface area contributed by atoms with Gasteiger partial charge in [0.05, 0.1) is 27.8 Å². The molecule has 36 heavy (non-hydrogen) atoms. The third-order valence-corrected chi connectivity index (χ3v) is 10.5. The van der Waals surface area contributed by atoms with Gasteiger partial charge in [-0.25, -0.2) is 13.4 Å². The zero-order chi connectivity index (χ0) is 25.4. The lowest BCUT2D eigenvalue weighted by Crippen LogP contribution is -2.46. The Morgan fingerprint density at radius 2 is 1.86 bits per heavy atom. The number of halogens is 1. The van der Waals surface area contributed by atoms with Crippen molar-refractivity contribution in [3.63, 3.8) is 0 Å². The topological polar surface area (TPSA) is 79.8 Å². The third-order valence-electron chi connectivity index (χ3n) is 7.11. The average molecular weight is 548 g/mol. The minimum absolute atomic E-state index is 0.0133. The van der Waals surface area contributed by atoms with Gasteiger partial charge >= 0.3 is 0 Å². The summed E-state index contributed by atoms with van der Waals surface area (Å²) in [5, 5.41) is 1.30. The fourth-order valence-electron chi connectivity index (χ4n) is 4.88. The number of hydrogen-bond donors (Lipinski definition) is 0. The highest BCUT2D eigenvalue weighted by Gasteiger charge is 2.36. The molecule has 0 bridgehead atoms. The summed E-state index contributed by atoms with van der Waals surface area (Å²) in [6, 6.07) is 10.7. The van der Waals surface area contributed by atoms with E-state index in [-0.39, 0.29) is 17.9 Å². The molecular formula is C26H30ClN3O4S2. The number of ether oxygens (including phenoxy) is 1. The first-order chi connectivity index (χ1) is 17.2. The second-order valence-corrected chi connectivity index (χ2v) is 12.9. The van der Waals surface area contributed by atoms with Gasteiger partial charge in [-0.1, -0.05) is 40.6 Å². The van der Waals surface area contributed by atoms with Gasteiger partial charge in [-0.05, 0) is 69.4 Å². The van der Waals surface area contributed by atoms with Crippen molar-refractivity contribution in [2.75, 3.05) is 31.1 Å². The molecule has 1 amide bonds. The van der Waals surface area contributed by atoms with Crippen molar-refractivity contribution in [1.29, 1.82) is 0 Å². The van der Waals surface area contributed by atoms with Crippen LogP contribution >= 0.6 is 22.9 Å². The molecule has 2 aliphatic rings. The van der Waals surface area contributed by atoms with Crippen LogP contribution in [0.3, 0.4) is 0 Å². The second-order valence-electron chi connectivity index (χ2n) is 9.59. The maximum atomic E-state index is 13.8. The van der Waals surface area contributed by atoms with E-state index in [1.54, 1.807) is 29.2 Å². The van der Waals surface area contributed by atoms with Crippen molar-refractivity contribution in [1.82, 2.24) is 9.29 Å². The molecule has 2 aromatic carbocycles. The van der Waals surface area contributed by atoms with Gasteiger partial charge in [-0.3, -0.25) is 9.69 Å². The molecule has 0 radical (unpaired) electrons. The number of thiazole rings is 1. The van der Waals surface area contributed by atoms with Gasteiger partial charge < -0.3 is 4.74 Å². The lowest BCUT2D eigenvalue weighted by Gasteiger charge is -2.33. The van der Waals surface area contributed by atoms with Crippen LogP contribution in [0.2, 0.25) is 5.02 Å². The van der Waals surface area contributed by atoms with E-state index in [9.17, 15) is 13.2 Å². The van der Waals surface area contributed by atoms with E-state index in [1.165, 1.54) is 15.6 Å². The number of aryl methyl sites for hydroxylation is 2. The van der Waals surface area contributed by atoms with Crippen LogP contribution in [0.1, 0.15) is 36.8 Å². The Morgan fingerprint density at radius 3 is 2.53 bits per heavy atom. The molecule has 1 atom stereocenters. The molecule has 0 spiro atoms. The molecule has 10 heteroatoms. The number of piperidine rings is 1. The Balaban J connectivity index is 1.35. The number of carbonyl (C=O) groups is 1. The number of nitrogens with zero attached hydrogens (tertiary/aromatic N) is 3. The van der Waals surface area contributed by atoms with Crippen LogP contribution in [-0.4, -0.2) is 56.0 Å². The van der Waals surface area contributed by atoms with E-state index < -0.39 is 10.0 Å². The first kappa shape index (κ1) is 25.6. The van der Waals surface area contributed by atoms with Gasteiger partial charge in [-0.2, -0.15) is 4.31 Å².